The van der Waals surface area contributed by atoms with Crippen LogP contribution in [0.1, 0.15) is 42.2 Å². The van der Waals surface area contributed by atoms with Crippen molar-refractivity contribution >= 4 is 23.7 Å². The number of aromatic nitrogens is 1. The number of hydrogen-bond acceptors (Lipinski definition) is 6. The molecule has 3 aromatic rings. The van der Waals surface area contributed by atoms with Gasteiger partial charge in [-0.15, -0.1) is 0 Å². The van der Waals surface area contributed by atoms with Gasteiger partial charge in [-0.3, -0.25) is 19.8 Å². The number of para-hydroxylation sites is 1. The first kappa shape index (κ1) is 29.7. The van der Waals surface area contributed by atoms with Gasteiger partial charge in [0.2, 0.25) is 11.8 Å². The maximum absolute atomic E-state index is 13.5. The Hall–Kier alpha value is -4.86. The van der Waals surface area contributed by atoms with Crippen molar-refractivity contribution in [2.45, 2.75) is 38.6 Å². The number of hydrogen-bond donors (Lipinski definition) is 3. The van der Waals surface area contributed by atoms with Gasteiger partial charge in [-0.1, -0.05) is 48.5 Å². The van der Waals surface area contributed by atoms with Crippen molar-refractivity contribution in [3.05, 3.63) is 90.1 Å². The molecule has 1 aromatic heterocycles. The van der Waals surface area contributed by atoms with Crippen molar-refractivity contribution in [3.8, 4) is 17.0 Å². The number of aryl methyl sites for hydroxylation is 1. The minimum atomic E-state index is -0.840. The molecule has 4 N–H and O–H groups in total. The van der Waals surface area contributed by atoms with E-state index < -0.39 is 29.7 Å². The lowest BCUT2D eigenvalue weighted by Crippen LogP contribution is -2.51. The number of ether oxygens (including phenoxy) is 2. The number of methoxy groups -OCH3 is 1. The second-order valence-corrected chi connectivity index (χ2v) is 8.86. The molecule has 1 heterocycles. The number of carbonyl (C=O) groups is 4. The van der Waals surface area contributed by atoms with Gasteiger partial charge in [0.15, 0.2) is 0 Å². The number of hydrazine groups is 1. The zero-order valence-electron chi connectivity index (χ0n) is 22.6. The Morgan fingerprint density at radius 1 is 1.00 bits per heavy atom. The van der Waals surface area contributed by atoms with Crippen molar-refractivity contribution in [2.24, 2.45) is 5.73 Å². The number of benzene rings is 2. The zero-order valence-corrected chi connectivity index (χ0v) is 22.6. The molecule has 0 spiro atoms. The van der Waals surface area contributed by atoms with Crippen LogP contribution in [0.15, 0.2) is 78.9 Å². The summed E-state index contributed by atoms with van der Waals surface area (Å²) in [5, 5.41) is 1.15. The van der Waals surface area contributed by atoms with Gasteiger partial charge >= 0.3 is 5.97 Å². The summed E-state index contributed by atoms with van der Waals surface area (Å²) in [6.45, 7) is 1.85. The van der Waals surface area contributed by atoms with Crippen LogP contribution in [0.4, 0.5) is 0 Å². The smallest absolute Gasteiger partial charge is 0.330 e. The summed E-state index contributed by atoms with van der Waals surface area (Å²) in [7, 11) is 1.56. The average Bonchev–Trinajstić information content (AvgIpc) is 3.46. The fourth-order valence-electron chi connectivity index (χ4n) is 4.05. The maximum atomic E-state index is 13.5. The van der Waals surface area contributed by atoms with Gasteiger partial charge < -0.3 is 20.2 Å². The van der Waals surface area contributed by atoms with E-state index in [1.165, 1.54) is 12.2 Å². The van der Waals surface area contributed by atoms with E-state index in [1.807, 2.05) is 54.6 Å². The molecule has 3 rings (SSSR count). The van der Waals surface area contributed by atoms with E-state index in [-0.39, 0.29) is 31.6 Å². The molecule has 0 aliphatic heterocycles. The van der Waals surface area contributed by atoms with Crippen LogP contribution in [0.3, 0.4) is 0 Å². The van der Waals surface area contributed by atoms with Gasteiger partial charge in [-0.2, -0.15) is 0 Å². The third-order valence-corrected chi connectivity index (χ3v) is 6.05. The van der Waals surface area contributed by atoms with Crippen molar-refractivity contribution in [1.82, 2.24) is 15.4 Å². The normalized spacial score (nSPS) is 11.6. The van der Waals surface area contributed by atoms with Crippen LogP contribution in [-0.2, 0) is 25.5 Å². The standard InChI is InChI=1S/C30H34N4O6/c1-3-40-29(37)20-15-22(14-18-27(31)35)34(28(36)19-13-21-9-5-4-6-10-21)33-30(38)25-17-16-24(32-25)23-11-7-8-12-26(23)39-2/h4-12,15-17,20,22,32H,3,13-14,18-19H2,1-2H3,(H2,31,35)(H,33,38)/t22-/m0/s1. The van der Waals surface area contributed by atoms with Crippen molar-refractivity contribution in [2.75, 3.05) is 13.7 Å². The topological polar surface area (TPSA) is 144 Å². The first-order valence-corrected chi connectivity index (χ1v) is 12.9. The molecule has 0 saturated carbocycles. The van der Waals surface area contributed by atoms with E-state index in [1.54, 1.807) is 26.2 Å². The molecule has 2 aromatic carbocycles. The summed E-state index contributed by atoms with van der Waals surface area (Å²) in [6.07, 6.45) is 3.11. The number of aromatic amines is 1. The Morgan fingerprint density at radius 2 is 1.73 bits per heavy atom. The SMILES string of the molecule is CCOC(=O)C=C[C@H](CCC(N)=O)N(NC(=O)c1ccc(-c2ccccc2OC)[nH]1)C(=O)CCc1ccccc1. The molecule has 1 atom stereocenters. The minimum Gasteiger partial charge on any atom is -0.496 e. The molecular weight excluding hydrogens is 512 g/mol. The van der Waals surface area contributed by atoms with Gasteiger partial charge in [0.25, 0.3) is 5.91 Å². The second kappa shape index (κ2) is 14.9. The first-order valence-electron chi connectivity index (χ1n) is 12.9. The molecule has 0 aliphatic carbocycles. The summed E-state index contributed by atoms with van der Waals surface area (Å²) >= 11 is 0. The summed E-state index contributed by atoms with van der Waals surface area (Å²) < 4.78 is 10.4. The zero-order chi connectivity index (χ0) is 28.9. The number of esters is 1. The van der Waals surface area contributed by atoms with E-state index >= 15 is 0 Å². The van der Waals surface area contributed by atoms with Gasteiger partial charge in [-0.05, 0) is 49.6 Å². The molecule has 0 unspecified atom stereocenters. The summed E-state index contributed by atoms with van der Waals surface area (Å²) in [5.74, 6) is -1.55. The molecule has 0 fully saturated rings. The minimum absolute atomic E-state index is 0.0712. The van der Waals surface area contributed by atoms with E-state index in [4.69, 9.17) is 15.2 Å². The molecule has 40 heavy (non-hydrogen) atoms. The average molecular weight is 547 g/mol. The molecule has 0 aliphatic rings. The predicted octanol–water partition coefficient (Wildman–Crippen LogP) is 3.55. The van der Waals surface area contributed by atoms with Gasteiger partial charge in [-0.25, -0.2) is 9.80 Å². The van der Waals surface area contributed by atoms with Gasteiger partial charge in [0.05, 0.1) is 19.8 Å². The highest BCUT2D eigenvalue weighted by Gasteiger charge is 2.26. The number of amides is 3. The van der Waals surface area contributed by atoms with Gasteiger partial charge in [0, 0.05) is 30.2 Å². The highest BCUT2D eigenvalue weighted by atomic mass is 16.5. The number of primary amides is 1. The lowest BCUT2D eigenvalue weighted by atomic mass is 10.1. The number of nitrogens with zero attached hydrogens (tertiary/aromatic N) is 1. The molecule has 0 bridgehead atoms. The van der Waals surface area contributed by atoms with Crippen molar-refractivity contribution < 1.29 is 28.7 Å². The Morgan fingerprint density at radius 3 is 2.42 bits per heavy atom. The predicted molar refractivity (Wildman–Crippen MR) is 150 cm³/mol. The second-order valence-electron chi connectivity index (χ2n) is 8.86. The van der Waals surface area contributed by atoms with Crippen LogP contribution in [0.2, 0.25) is 0 Å². The van der Waals surface area contributed by atoms with Crippen LogP contribution >= 0.6 is 0 Å². The number of nitrogens with two attached hydrogens (primary N) is 1. The Balaban J connectivity index is 1.88. The molecule has 10 nitrogen and oxygen atoms in total. The summed E-state index contributed by atoms with van der Waals surface area (Å²) in [4.78, 5) is 53.5. The van der Waals surface area contributed by atoms with Gasteiger partial charge in [0.1, 0.15) is 11.4 Å². The monoisotopic (exact) mass is 546 g/mol. The Labute approximate surface area is 233 Å². The van der Waals surface area contributed by atoms with Crippen LogP contribution in [0.25, 0.3) is 11.3 Å². The quantitative estimate of drug-likeness (QED) is 0.170. The molecule has 10 heteroatoms. The molecule has 0 saturated heterocycles. The Kier molecular flexibility index (Phi) is 11.1. The Bertz CT molecular complexity index is 1330. The van der Waals surface area contributed by atoms with Crippen LogP contribution < -0.4 is 15.9 Å². The fourth-order valence-corrected chi connectivity index (χ4v) is 4.05. The van der Waals surface area contributed by atoms with E-state index in [0.29, 0.717) is 17.9 Å². The fraction of sp³-hybridized carbons (Fsp3) is 0.267. The number of H-pyrrole nitrogens is 1. The van der Waals surface area contributed by atoms with Crippen molar-refractivity contribution in [1.29, 1.82) is 0 Å². The van der Waals surface area contributed by atoms with E-state index in [0.717, 1.165) is 16.1 Å². The summed E-state index contributed by atoms with van der Waals surface area (Å²) in [5.41, 5.74) is 10.6. The van der Waals surface area contributed by atoms with Crippen LogP contribution in [0, 0.1) is 0 Å². The van der Waals surface area contributed by atoms with Crippen LogP contribution in [0.5, 0.6) is 5.75 Å². The molecule has 0 radical (unpaired) electrons. The first-order chi connectivity index (χ1) is 19.3. The lowest BCUT2D eigenvalue weighted by molar-refractivity contribution is -0.138. The summed E-state index contributed by atoms with van der Waals surface area (Å²) in [6, 6.07) is 19.3. The van der Waals surface area contributed by atoms with Crippen molar-refractivity contribution in [3.63, 3.8) is 0 Å². The third-order valence-electron chi connectivity index (χ3n) is 6.05. The number of carbonyl (C=O) groups excluding carboxylic acids is 4. The highest BCUT2D eigenvalue weighted by molar-refractivity contribution is 5.95. The molecule has 3 amide bonds. The lowest BCUT2D eigenvalue weighted by Gasteiger charge is -2.30. The number of nitrogens with one attached hydrogen (secondary N) is 2. The molecule has 210 valence electrons. The molecular formula is C30H34N4O6. The highest BCUT2D eigenvalue weighted by Crippen LogP contribution is 2.28. The van der Waals surface area contributed by atoms with E-state index in [9.17, 15) is 19.2 Å². The van der Waals surface area contributed by atoms with E-state index in [2.05, 4.69) is 10.4 Å². The largest absolute Gasteiger partial charge is 0.496 e. The maximum Gasteiger partial charge on any atom is 0.330 e. The number of rotatable bonds is 13. The van der Waals surface area contributed by atoms with Crippen LogP contribution in [-0.4, -0.2) is 53.4 Å². The third kappa shape index (κ3) is 8.59.